The summed E-state index contributed by atoms with van der Waals surface area (Å²) in [6.45, 7) is 1.31. The maximum atomic E-state index is 12.3. The predicted octanol–water partition coefficient (Wildman–Crippen LogP) is 1.51. The Bertz CT molecular complexity index is 584. The van der Waals surface area contributed by atoms with E-state index in [1.165, 1.54) is 18.7 Å². The summed E-state index contributed by atoms with van der Waals surface area (Å²) in [5, 5.41) is 3.20. The molecule has 0 saturated carbocycles. The number of ether oxygens (including phenoxy) is 1. The SMILES string of the molecule is O=C(c1cncnc1)c1cccc2c1OCCN2. The van der Waals surface area contributed by atoms with E-state index in [0.717, 1.165) is 12.2 Å². The average Bonchev–Trinajstić information content (AvgIpc) is 2.47. The highest BCUT2D eigenvalue weighted by Gasteiger charge is 2.20. The van der Waals surface area contributed by atoms with Gasteiger partial charge in [-0.15, -0.1) is 0 Å². The second-order valence-electron chi connectivity index (χ2n) is 3.91. The largest absolute Gasteiger partial charge is 0.489 e. The zero-order chi connectivity index (χ0) is 12.4. The third-order valence-electron chi connectivity index (χ3n) is 2.75. The Hall–Kier alpha value is -2.43. The molecule has 0 saturated heterocycles. The fourth-order valence-electron chi connectivity index (χ4n) is 1.92. The molecule has 1 N–H and O–H groups in total. The number of nitrogens with one attached hydrogen (secondary N) is 1. The van der Waals surface area contributed by atoms with Gasteiger partial charge in [0.25, 0.3) is 0 Å². The molecule has 3 rings (SSSR count). The van der Waals surface area contributed by atoms with Crippen LogP contribution in [0, 0.1) is 0 Å². The zero-order valence-corrected chi connectivity index (χ0v) is 9.59. The maximum absolute atomic E-state index is 12.3. The third-order valence-corrected chi connectivity index (χ3v) is 2.75. The molecule has 5 heteroatoms. The van der Waals surface area contributed by atoms with Crippen molar-refractivity contribution in [3.63, 3.8) is 0 Å². The minimum absolute atomic E-state index is 0.129. The van der Waals surface area contributed by atoms with E-state index >= 15 is 0 Å². The van der Waals surface area contributed by atoms with E-state index < -0.39 is 0 Å². The Balaban J connectivity index is 2.05. The van der Waals surface area contributed by atoms with Gasteiger partial charge in [0.15, 0.2) is 11.5 Å². The number of rotatable bonds is 2. The number of hydrogen-bond acceptors (Lipinski definition) is 5. The number of benzene rings is 1. The number of aromatic nitrogens is 2. The van der Waals surface area contributed by atoms with E-state index in [1.807, 2.05) is 12.1 Å². The van der Waals surface area contributed by atoms with Crippen molar-refractivity contribution in [2.24, 2.45) is 0 Å². The van der Waals surface area contributed by atoms with Gasteiger partial charge in [0.1, 0.15) is 12.9 Å². The lowest BCUT2D eigenvalue weighted by atomic mass is 10.0. The van der Waals surface area contributed by atoms with Gasteiger partial charge in [-0.2, -0.15) is 0 Å². The van der Waals surface area contributed by atoms with Crippen LogP contribution in [-0.4, -0.2) is 28.9 Å². The second kappa shape index (κ2) is 4.44. The van der Waals surface area contributed by atoms with E-state index in [4.69, 9.17) is 4.74 Å². The number of ketones is 1. The fourth-order valence-corrected chi connectivity index (χ4v) is 1.92. The first-order chi connectivity index (χ1) is 8.86. The van der Waals surface area contributed by atoms with Crippen molar-refractivity contribution < 1.29 is 9.53 Å². The van der Waals surface area contributed by atoms with Crippen molar-refractivity contribution >= 4 is 11.5 Å². The molecule has 18 heavy (non-hydrogen) atoms. The summed E-state index contributed by atoms with van der Waals surface area (Å²) in [4.78, 5) is 20.0. The van der Waals surface area contributed by atoms with Gasteiger partial charge in [-0.1, -0.05) is 6.07 Å². The van der Waals surface area contributed by atoms with E-state index in [-0.39, 0.29) is 5.78 Å². The van der Waals surface area contributed by atoms with Crippen LogP contribution in [0.3, 0.4) is 0 Å². The summed E-state index contributed by atoms with van der Waals surface area (Å²) < 4.78 is 5.57. The molecule has 1 aromatic heterocycles. The zero-order valence-electron chi connectivity index (χ0n) is 9.59. The first-order valence-corrected chi connectivity index (χ1v) is 5.65. The number of carbonyl (C=O) groups is 1. The molecular formula is C13H11N3O2. The van der Waals surface area contributed by atoms with Crippen molar-refractivity contribution in [3.8, 4) is 5.75 Å². The molecule has 0 radical (unpaired) electrons. The minimum Gasteiger partial charge on any atom is -0.489 e. The standard InChI is InChI=1S/C13H11N3O2/c17-12(9-6-14-8-15-7-9)10-2-1-3-11-13(10)18-5-4-16-11/h1-3,6-8,16H,4-5H2. The van der Waals surface area contributed by atoms with Crippen LogP contribution in [0.4, 0.5) is 5.69 Å². The quantitative estimate of drug-likeness (QED) is 0.807. The molecule has 1 aromatic carbocycles. The molecule has 0 fully saturated rings. The molecule has 90 valence electrons. The molecule has 1 aliphatic heterocycles. The number of anilines is 1. The Morgan fingerprint density at radius 2 is 2.11 bits per heavy atom. The number of para-hydroxylation sites is 1. The van der Waals surface area contributed by atoms with Gasteiger partial charge in [-0.3, -0.25) is 4.79 Å². The van der Waals surface area contributed by atoms with Crippen molar-refractivity contribution in [3.05, 3.63) is 48.0 Å². The molecule has 2 aromatic rings. The van der Waals surface area contributed by atoms with Gasteiger partial charge in [-0.05, 0) is 12.1 Å². The number of fused-ring (bicyclic) bond motifs is 1. The van der Waals surface area contributed by atoms with Crippen LogP contribution in [0.2, 0.25) is 0 Å². The smallest absolute Gasteiger partial charge is 0.199 e. The first kappa shape index (κ1) is 10.7. The van der Waals surface area contributed by atoms with Crippen LogP contribution in [0.5, 0.6) is 5.75 Å². The number of nitrogens with zero attached hydrogens (tertiary/aromatic N) is 2. The van der Waals surface area contributed by atoms with E-state index in [2.05, 4.69) is 15.3 Å². The molecule has 1 aliphatic rings. The molecular weight excluding hydrogens is 230 g/mol. The summed E-state index contributed by atoms with van der Waals surface area (Å²) in [6.07, 6.45) is 4.41. The van der Waals surface area contributed by atoms with Crippen LogP contribution < -0.4 is 10.1 Å². The summed E-state index contributed by atoms with van der Waals surface area (Å²) >= 11 is 0. The van der Waals surface area contributed by atoms with Crippen molar-refractivity contribution in [2.45, 2.75) is 0 Å². The van der Waals surface area contributed by atoms with E-state index in [0.29, 0.717) is 23.5 Å². The molecule has 2 heterocycles. The molecule has 0 unspecified atom stereocenters. The first-order valence-electron chi connectivity index (χ1n) is 5.65. The topological polar surface area (TPSA) is 64.1 Å². The third kappa shape index (κ3) is 1.79. The Morgan fingerprint density at radius 3 is 2.94 bits per heavy atom. The molecule has 0 bridgehead atoms. The Kier molecular flexibility index (Phi) is 2.64. The van der Waals surface area contributed by atoms with Crippen LogP contribution in [-0.2, 0) is 0 Å². The minimum atomic E-state index is -0.129. The summed E-state index contributed by atoms with van der Waals surface area (Å²) in [6, 6.07) is 5.48. The average molecular weight is 241 g/mol. The van der Waals surface area contributed by atoms with Gasteiger partial charge < -0.3 is 10.1 Å². The van der Waals surface area contributed by atoms with Gasteiger partial charge in [-0.25, -0.2) is 9.97 Å². The highest BCUT2D eigenvalue weighted by molar-refractivity contribution is 6.11. The number of carbonyl (C=O) groups excluding carboxylic acids is 1. The fraction of sp³-hybridized carbons (Fsp3) is 0.154. The van der Waals surface area contributed by atoms with Crippen molar-refractivity contribution in [1.29, 1.82) is 0 Å². The normalized spacial score (nSPS) is 13.1. The molecule has 0 atom stereocenters. The summed E-state index contributed by atoms with van der Waals surface area (Å²) in [5.41, 5.74) is 1.85. The lowest BCUT2D eigenvalue weighted by Gasteiger charge is -2.21. The summed E-state index contributed by atoms with van der Waals surface area (Å²) in [5.74, 6) is 0.480. The van der Waals surface area contributed by atoms with Crippen molar-refractivity contribution in [1.82, 2.24) is 9.97 Å². The van der Waals surface area contributed by atoms with Crippen LogP contribution >= 0.6 is 0 Å². The molecule has 0 aliphatic carbocycles. The van der Waals surface area contributed by atoms with Crippen LogP contribution in [0.15, 0.2) is 36.9 Å². The van der Waals surface area contributed by atoms with Crippen molar-refractivity contribution in [2.75, 3.05) is 18.5 Å². The lowest BCUT2D eigenvalue weighted by Crippen LogP contribution is -2.20. The highest BCUT2D eigenvalue weighted by Crippen LogP contribution is 2.32. The van der Waals surface area contributed by atoms with Gasteiger partial charge >= 0.3 is 0 Å². The number of hydrogen-bond donors (Lipinski definition) is 1. The molecule has 0 amide bonds. The maximum Gasteiger partial charge on any atom is 0.199 e. The van der Waals surface area contributed by atoms with Gasteiger partial charge in [0.2, 0.25) is 0 Å². The molecule has 0 spiro atoms. The van der Waals surface area contributed by atoms with E-state index in [9.17, 15) is 4.79 Å². The van der Waals surface area contributed by atoms with Gasteiger partial charge in [0, 0.05) is 18.9 Å². The van der Waals surface area contributed by atoms with Crippen LogP contribution in [0.1, 0.15) is 15.9 Å². The van der Waals surface area contributed by atoms with E-state index in [1.54, 1.807) is 6.07 Å². The van der Waals surface area contributed by atoms with Gasteiger partial charge in [0.05, 0.1) is 16.8 Å². The highest BCUT2D eigenvalue weighted by atomic mass is 16.5. The monoisotopic (exact) mass is 241 g/mol. The Labute approximate surface area is 104 Å². The summed E-state index contributed by atoms with van der Waals surface area (Å²) in [7, 11) is 0. The molecule has 5 nitrogen and oxygen atoms in total. The Morgan fingerprint density at radius 1 is 1.28 bits per heavy atom. The van der Waals surface area contributed by atoms with Crippen LogP contribution in [0.25, 0.3) is 0 Å². The lowest BCUT2D eigenvalue weighted by molar-refractivity contribution is 0.103. The predicted molar refractivity (Wildman–Crippen MR) is 65.9 cm³/mol. The second-order valence-corrected chi connectivity index (χ2v) is 3.91.